The smallest absolute Gasteiger partial charge is 0.0443 e. The Morgan fingerprint density at radius 2 is 2.00 bits per heavy atom. The topological polar surface area (TPSA) is 15.3 Å². The predicted octanol–water partition coefficient (Wildman–Crippen LogP) is 3.02. The van der Waals surface area contributed by atoms with E-state index in [1.54, 1.807) is 0 Å². The van der Waals surface area contributed by atoms with Gasteiger partial charge in [0.15, 0.2) is 0 Å². The third-order valence-corrected chi connectivity index (χ3v) is 4.56. The van der Waals surface area contributed by atoms with Gasteiger partial charge in [-0.3, -0.25) is 0 Å². The fourth-order valence-electron chi connectivity index (χ4n) is 3.59. The second-order valence-corrected chi connectivity index (χ2v) is 5.90. The average molecular weight is 244 g/mol. The van der Waals surface area contributed by atoms with Gasteiger partial charge in [0.1, 0.15) is 0 Å². The molecule has 0 spiro atoms. The van der Waals surface area contributed by atoms with Crippen molar-refractivity contribution in [3.05, 3.63) is 29.3 Å². The van der Waals surface area contributed by atoms with Crippen LogP contribution in [0.5, 0.6) is 0 Å². The molecule has 98 valence electrons. The fourth-order valence-corrected chi connectivity index (χ4v) is 3.59. The maximum absolute atomic E-state index is 3.71. The SMILES string of the molecule is Cc1ccc(C)c(N2CCN[C@@H]3CCCC[C@@H]32)c1. The van der Waals surface area contributed by atoms with Crippen LogP contribution in [0.2, 0.25) is 0 Å². The van der Waals surface area contributed by atoms with Crippen LogP contribution in [0.25, 0.3) is 0 Å². The monoisotopic (exact) mass is 244 g/mol. The number of nitrogens with one attached hydrogen (secondary N) is 1. The molecule has 2 atom stereocenters. The fraction of sp³-hybridized carbons (Fsp3) is 0.625. The van der Waals surface area contributed by atoms with E-state index in [4.69, 9.17) is 0 Å². The summed E-state index contributed by atoms with van der Waals surface area (Å²) < 4.78 is 0. The largest absolute Gasteiger partial charge is 0.365 e. The second kappa shape index (κ2) is 4.93. The zero-order valence-electron chi connectivity index (χ0n) is 11.6. The summed E-state index contributed by atoms with van der Waals surface area (Å²) in [7, 11) is 0. The minimum absolute atomic E-state index is 0.715. The predicted molar refractivity (Wildman–Crippen MR) is 77.3 cm³/mol. The van der Waals surface area contributed by atoms with Crippen molar-refractivity contribution in [1.29, 1.82) is 0 Å². The average Bonchev–Trinajstić information content (AvgIpc) is 2.41. The minimum Gasteiger partial charge on any atom is -0.365 e. The lowest BCUT2D eigenvalue weighted by Gasteiger charge is -2.46. The molecule has 2 nitrogen and oxygen atoms in total. The first-order chi connectivity index (χ1) is 8.75. The Labute approximate surface area is 110 Å². The van der Waals surface area contributed by atoms with Crippen LogP contribution in [0.4, 0.5) is 5.69 Å². The van der Waals surface area contributed by atoms with Gasteiger partial charge in [-0.2, -0.15) is 0 Å². The van der Waals surface area contributed by atoms with E-state index in [-0.39, 0.29) is 0 Å². The number of hydrogen-bond acceptors (Lipinski definition) is 2. The molecule has 1 aromatic carbocycles. The zero-order chi connectivity index (χ0) is 12.5. The molecule has 1 N–H and O–H groups in total. The Kier molecular flexibility index (Phi) is 3.29. The van der Waals surface area contributed by atoms with E-state index >= 15 is 0 Å². The van der Waals surface area contributed by atoms with E-state index < -0.39 is 0 Å². The van der Waals surface area contributed by atoms with Gasteiger partial charge < -0.3 is 10.2 Å². The van der Waals surface area contributed by atoms with Crippen LogP contribution in [-0.2, 0) is 0 Å². The van der Waals surface area contributed by atoms with Crippen LogP contribution in [0.3, 0.4) is 0 Å². The number of nitrogens with zero attached hydrogens (tertiary/aromatic N) is 1. The molecular formula is C16H24N2. The van der Waals surface area contributed by atoms with Gasteiger partial charge in [-0.05, 0) is 43.9 Å². The highest BCUT2D eigenvalue weighted by atomic mass is 15.2. The molecular weight excluding hydrogens is 220 g/mol. The molecule has 2 heteroatoms. The first-order valence-electron chi connectivity index (χ1n) is 7.33. The highest BCUT2D eigenvalue weighted by Gasteiger charge is 2.33. The summed E-state index contributed by atoms with van der Waals surface area (Å²) in [6.07, 6.45) is 5.50. The Hall–Kier alpha value is -1.02. The highest BCUT2D eigenvalue weighted by molar-refractivity contribution is 5.56. The van der Waals surface area contributed by atoms with Crippen molar-refractivity contribution in [3.8, 4) is 0 Å². The molecule has 18 heavy (non-hydrogen) atoms. The lowest BCUT2D eigenvalue weighted by Crippen LogP contribution is -2.59. The van der Waals surface area contributed by atoms with Crippen molar-refractivity contribution in [2.24, 2.45) is 0 Å². The van der Waals surface area contributed by atoms with E-state index in [9.17, 15) is 0 Å². The van der Waals surface area contributed by atoms with Crippen LogP contribution in [0.15, 0.2) is 18.2 Å². The summed E-state index contributed by atoms with van der Waals surface area (Å²) in [6.45, 7) is 6.73. The van der Waals surface area contributed by atoms with Crippen molar-refractivity contribution in [2.75, 3.05) is 18.0 Å². The summed E-state index contributed by atoms with van der Waals surface area (Å²) in [5.74, 6) is 0. The van der Waals surface area contributed by atoms with Gasteiger partial charge in [-0.25, -0.2) is 0 Å². The lowest BCUT2D eigenvalue weighted by atomic mass is 9.87. The van der Waals surface area contributed by atoms with Crippen LogP contribution in [0, 0.1) is 13.8 Å². The summed E-state index contributed by atoms with van der Waals surface area (Å²) in [4.78, 5) is 2.67. The van der Waals surface area contributed by atoms with Crippen LogP contribution in [-0.4, -0.2) is 25.2 Å². The molecule has 0 radical (unpaired) electrons. The van der Waals surface area contributed by atoms with Gasteiger partial charge in [0.25, 0.3) is 0 Å². The number of benzene rings is 1. The van der Waals surface area contributed by atoms with Gasteiger partial charge in [0, 0.05) is 30.9 Å². The molecule has 0 aromatic heterocycles. The van der Waals surface area contributed by atoms with E-state index in [1.165, 1.54) is 42.5 Å². The normalized spacial score (nSPS) is 28.0. The minimum atomic E-state index is 0.715. The number of rotatable bonds is 1. The van der Waals surface area contributed by atoms with Crippen molar-refractivity contribution in [2.45, 2.75) is 51.6 Å². The molecule has 2 aliphatic rings. The van der Waals surface area contributed by atoms with Crippen molar-refractivity contribution >= 4 is 5.69 Å². The van der Waals surface area contributed by atoms with Crippen molar-refractivity contribution < 1.29 is 0 Å². The number of anilines is 1. The van der Waals surface area contributed by atoms with Gasteiger partial charge in [0.05, 0.1) is 0 Å². The molecule has 3 rings (SSSR count). The number of aryl methyl sites for hydroxylation is 2. The third kappa shape index (κ3) is 2.14. The molecule has 0 amide bonds. The number of hydrogen-bond donors (Lipinski definition) is 1. The summed E-state index contributed by atoms with van der Waals surface area (Å²) in [6, 6.07) is 8.29. The molecule has 1 heterocycles. The van der Waals surface area contributed by atoms with Crippen LogP contribution < -0.4 is 10.2 Å². The van der Waals surface area contributed by atoms with Gasteiger partial charge >= 0.3 is 0 Å². The van der Waals surface area contributed by atoms with Gasteiger partial charge in [-0.1, -0.05) is 25.0 Å². The zero-order valence-corrected chi connectivity index (χ0v) is 11.6. The quantitative estimate of drug-likeness (QED) is 0.817. The number of fused-ring (bicyclic) bond motifs is 1. The first-order valence-corrected chi connectivity index (χ1v) is 7.33. The van der Waals surface area contributed by atoms with Crippen molar-refractivity contribution in [3.63, 3.8) is 0 Å². The van der Waals surface area contributed by atoms with Crippen LogP contribution >= 0.6 is 0 Å². The molecule has 1 aromatic rings. The molecule has 1 aliphatic heterocycles. The second-order valence-electron chi connectivity index (χ2n) is 5.90. The summed E-state index contributed by atoms with van der Waals surface area (Å²) >= 11 is 0. The molecule has 0 bridgehead atoms. The Morgan fingerprint density at radius 1 is 1.17 bits per heavy atom. The molecule has 2 fully saturated rings. The molecule has 1 aliphatic carbocycles. The molecule has 1 saturated heterocycles. The summed E-state index contributed by atoms with van der Waals surface area (Å²) in [5, 5.41) is 3.71. The maximum Gasteiger partial charge on any atom is 0.0443 e. The number of piperazine rings is 1. The lowest BCUT2D eigenvalue weighted by molar-refractivity contribution is 0.284. The Morgan fingerprint density at radius 3 is 2.89 bits per heavy atom. The van der Waals surface area contributed by atoms with Gasteiger partial charge in [0.2, 0.25) is 0 Å². The first kappa shape index (κ1) is 12.0. The van der Waals surface area contributed by atoms with E-state index in [1.807, 2.05) is 0 Å². The van der Waals surface area contributed by atoms with E-state index in [0.29, 0.717) is 12.1 Å². The van der Waals surface area contributed by atoms with Gasteiger partial charge in [-0.15, -0.1) is 0 Å². The Bertz CT molecular complexity index is 425. The summed E-state index contributed by atoms with van der Waals surface area (Å²) in [5.41, 5.74) is 4.27. The maximum atomic E-state index is 3.71. The van der Waals surface area contributed by atoms with E-state index in [0.717, 1.165) is 13.1 Å². The Balaban J connectivity index is 1.91. The standard InChI is InChI=1S/C16H24N2/c1-12-7-8-13(2)16(11-12)18-10-9-17-14-5-3-4-6-15(14)18/h7-8,11,14-15,17H,3-6,9-10H2,1-2H3/t14-,15+/m1/s1. The third-order valence-electron chi connectivity index (χ3n) is 4.56. The molecule has 1 saturated carbocycles. The van der Waals surface area contributed by atoms with E-state index in [2.05, 4.69) is 42.3 Å². The van der Waals surface area contributed by atoms with Crippen molar-refractivity contribution in [1.82, 2.24) is 5.32 Å². The van der Waals surface area contributed by atoms with Crippen LogP contribution in [0.1, 0.15) is 36.8 Å². The highest BCUT2D eigenvalue weighted by Crippen LogP contribution is 2.31. The molecule has 0 unspecified atom stereocenters.